The Labute approximate surface area is 228 Å². The van der Waals surface area contributed by atoms with Gasteiger partial charge in [-0.2, -0.15) is 0 Å². The zero-order valence-corrected chi connectivity index (χ0v) is 21.5. The molecule has 39 heavy (non-hydrogen) atoms. The third-order valence-electron chi connectivity index (χ3n) is 7.76. The molecule has 3 nitrogen and oxygen atoms in total. The van der Waals surface area contributed by atoms with E-state index in [0.717, 1.165) is 33.4 Å². The molecule has 7 rings (SSSR count). The van der Waals surface area contributed by atoms with Gasteiger partial charge in [-0.3, -0.25) is 4.79 Å². The van der Waals surface area contributed by atoms with Gasteiger partial charge in [0.25, 0.3) is 0 Å². The minimum absolute atomic E-state index is 0.131. The highest BCUT2D eigenvalue weighted by Gasteiger charge is 2.72. The van der Waals surface area contributed by atoms with Gasteiger partial charge in [-0.05, 0) is 35.7 Å². The molecule has 2 atom stereocenters. The molecule has 0 fully saturated rings. The third-order valence-corrected chi connectivity index (χ3v) is 7.76. The van der Waals surface area contributed by atoms with Gasteiger partial charge in [-0.1, -0.05) is 127 Å². The summed E-state index contributed by atoms with van der Waals surface area (Å²) >= 11 is 0. The predicted octanol–water partition coefficient (Wildman–Crippen LogP) is 7.75. The highest BCUT2D eigenvalue weighted by molar-refractivity contribution is 6.37. The Balaban J connectivity index is 1.69. The predicted molar refractivity (Wildman–Crippen MR) is 153 cm³/mol. The monoisotopic (exact) mass is 506 g/mol. The van der Waals surface area contributed by atoms with Crippen molar-refractivity contribution < 1.29 is 14.3 Å². The summed E-state index contributed by atoms with van der Waals surface area (Å²) in [6.07, 6.45) is 0. The van der Waals surface area contributed by atoms with Crippen LogP contribution >= 0.6 is 0 Å². The van der Waals surface area contributed by atoms with Crippen LogP contribution in [0.1, 0.15) is 27.8 Å². The van der Waals surface area contributed by atoms with Crippen molar-refractivity contribution in [2.24, 2.45) is 0 Å². The van der Waals surface area contributed by atoms with E-state index in [1.807, 2.05) is 146 Å². The fourth-order valence-corrected chi connectivity index (χ4v) is 6.13. The summed E-state index contributed by atoms with van der Waals surface area (Å²) in [6, 6.07) is 45.6. The van der Waals surface area contributed by atoms with Gasteiger partial charge < -0.3 is 9.47 Å². The lowest BCUT2D eigenvalue weighted by molar-refractivity contribution is -0.152. The number of ketones is 1. The summed E-state index contributed by atoms with van der Waals surface area (Å²) < 4.78 is 14.3. The van der Waals surface area contributed by atoms with Crippen molar-refractivity contribution in [3.63, 3.8) is 0 Å². The molecule has 1 aliphatic carbocycles. The minimum Gasteiger partial charge on any atom is -0.469 e. The Morgan fingerprint density at radius 2 is 1.00 bits per heavy atom. The molecule has 0 spiro atoms. The number of carbonyl (C=O) groups excluding carboxylic acids is 1. The van der Waals surface area contributed by atoms with Crippen molar-refractivity contribution in [1.29, 1.82) is 0 Å². The Bertz CT molecular complexity index is 1710. The van der Waals surface area contributed by atoms with Crippen molar-refractivity contribution in [1.82, 2.24) is 0 Å². The Morgan fingerprint density at radius 3 is 1.59 bits per heavy atom. The fourth-order valence-electron chi connectivity index (χ4n) is 6.13. The van der Waals surface area contributed by atoms with E-state index >= 15 is 4.79 Å². The van der Waals surface area contributed by atoms with Gasteiger partial charge in [-0.15, -0.1) is 0 Å². The normalized spacial score (nSPS) is 21.5. The molecular formula is C36H26O3. The number of Topliss-reactive ketones (excluding diaryl/α,β-unsaturated/α-hetero) is 1. The maximum Gasteiger partial charge on any atom is 0.244 e. The molecule has 3 heteroatoms. The molecular weight excluding hydrogens is 480 g/mol. The molecule has 1 heterocycles. The summed E-state index contributed by atoms with van der Waals surface area (Å²) in [4.78, 5) is 15.2. The number of rotatable bonds is 4. The lowest BCUT2D eigenvalue weighted by Crippen LogP contribution is -2.60. The second-order valence-corrected chi connectivity index (χ2v) is 10.1. The van der Waals surface area contributed by atoms with E-state index in [1.54, 1.807) is 0 Å². The first-order valence-electron chi connectivity index (χ1n) is 13.2. The van der Waals surface area contributed by atoms with Crippen molar-refractivity contribution in [3.05, 3.63) is 167 Å². The van der Waals surface area contributed by atoms with Crippen molar-refractivity contribution in [2.75, 3.05) is 0 Å². The maximum absolute atomic E-state index is 15.2. The van der Waals surface area contributed by atoms with Crippen LogP contribution in [0.5, 0.6) is 11.5 Å². The molecule has 0 bridgehead atoms. The summed E-state index contributed by atoms with van der Waals surface area (Å²) in [5.74, 6) is 1.03. The van der Waals surface area contributed by atoms with Crippen molar-refractivity contribution in [2.45, 2.75) is 18.1 Å². The minimum atomic E-state index is -1.51. The van der Waals surface area contributed by atoms with Crippen molar-refractivity contribution >= 4 is 16.9 Å². The van der Waals surface area contributed by atoms with Gasteiger partial charge in [-0.25, -0.2) is 0 Å². The zero-order chi connectivity index (χ0) is 26.5. The molecule has 0 amide bonds. The smallest absolute Gasteiger partial charge is 0.244 e. The van der Waals surface area contributed by atoms with Crippen LogP contribution in [0.4, 0.5) is 0 Å². The fraction of sp³-hybridized carbons (Fsp3) is 0.0833. The third kappa shape index (κ3) is 3.26. The first-order valence-corrected chi connectivity index (χ1v) is 13.2. The molecule has 5 aromatic rings. The first-order chi connectivity index (χ1) is 19.1. The summed E-state index contributed by atoms with van der Waals surface area (Å²) in [5, 5.41) is 0. The van der Waals surface area contributed by atoms with Crippen LogP contribution in [0, 0.1) is 6.92 Å². The summed E-state index contributed by atoms with van der Waals surface area (Å²) in [7, 11) is 0. The second-order valence-electron chi connectivity index (χ2n) is 10.1. The van der Waals surface area contributed by atoms with Crippen LogP contribution in [0.15, 0.2) is 140 Å². The number of ether oxygens (including phenoxy) is 2. The van der Waals surface area contributed by atoms with Gasteiger partial charge in [0.2, 0.25) is 17.0 Å². The van der Waals surface area contributed by atoms with Crippen LogP contribution < -0.4 is 9.47 Å². The molecule has 2 aliphatic rings. The van der Waals surface area contributed by atoms with Gasteiger partial charge >= 0.3 is 0 Å². The molecule has 0 saturated heterocycles. The Morgan fingerprint density at radius 1 is 0.513 bits per heavy atom. The van der Waals surface area contributed by atoms with Crippen LogP contribution in [0.2, 0.25) is 0 Å². The second kappa shape index (κ2) is 8.85. The molecule has 188 valence electrons. The van der Waals surface area contributed by atoms with Gasteiger partial charge in [0.15, 0.2) is 11.5 Å². The summed E-state index contributed by atoms with van der Waals surface area (Å²) in [5.41, 5.74) is 2.95. The van der Waals surface area contributed by atoms with Gasteiger partial charge in [0, 0.05) is 22.3 Å². The number of fused-ring (bicyclic) bond motifs is 2. The number of hydrogen-bond acceptors (Lipinski definition) is 3. The van der Waals surface area contributed by atoms with E-state index in [2.05, 4.69) is 0 Å². The molecule has 5 aromatic carbocycles. The lowest BCUT2D eigenvalue weighted by Gasteiger charge is -2.49. The largest absolute Gasteiger partial charge is 0.469 e. The van der Waals surface area contributed by atoms with Crippen LogP contribution in [0.25, 0.3) is 11.1 Å². The van der Waals surface area contributed by atoms with E-state index in [-0.39, 0.29) is 5.78 Å². The molecule has 0 aromatic heterocycles. The number of benzene rings is 5. The van der Waals surface area contributed by atoms with Crippen LogP contribution in [0.3, 0.4) is 0 Å². The average molecular weight is 507 g/mol. The molecule has 2 unspecified atom stereocenters. The quantitative estimate of drug-likeness (QED) is 0.250. The standard InChI is InChI=1S/C36H26O3/c1-25-22-23-30-31(24-25)39-35(28-18-10-4-11-19-28)33(27-16-8-3-9-17-27)32(26-14-6-2-7-15-26)34(37)36(35,38-30)29-20-12-5-13-21-29/h2-24H,1H3. The van der Waals surface area contributed by atoms with E-state index in [1.165, 1.54) is 0 Å². The highest BCUT2D eigenvalue weighted by atomic mass is 16.6. The summed E-state index contributed by atoms with van der Waals surface area (Å²) in [6.45, 7) is 2.03. The first kappa shape index (κ1) is 23.2. The van der Waals surface area contributed by atoms with Crippen molar-refractivity contribution in [3.8, 4) is 11.5 Å². The van der Waals surface area contributed by atoms with Gasteiger partial charge in [0.05, 0.1) is 0 Å². The number of aryl methyl sites for hydroxylation is 1. The average Bonchev–Trinajstić information content (AvgIpc) is 3.23. The Kier molecular flexibility index (Phi) is 5.27. The topological polar surface area (TPSA) is 35.5 Å². The SMILES string of the molecule is Cc1ccc2c(c1)OC1(c3ccccc3)C(c3ccccc3)=C(c3ccccc3)C(=O)C1(c1ccccc1)O2. The lowest BCUT2D eigenvalue weighted by atomic mass is 9.69. The maximum atomic E-state index is 15.2. The van der Waals surface area contributed by atoms with Gasteiger partial charge in [0.1, 0.15) is 0 Å². The van der Waals surface area contributed by atoms with Crippen LogP contribution in [-0.2, 0) is 16.0 Å². The number of carbonyl (C=O) groups is 1. The van der Waals surface area contributed by atoms with E-state index < -0.39 is 11.2 Å². The Hall–Kier alpha value is -4.89. The van der Waals surface area contributed by atoms with E-state index in [4.69, 9.17) is 9.47 Å². The number of hydrogen-bond donors (Lipinski definition) is 0. The molecule has 0 saturated carbocycles. The van der Waals surface area contributed by atoms with Crippen LogP contribution in [-0.4, -0.2) is 5.78 Å². The van der Waals surface area contributed by atoms with E-state index in [9.17, 15) is 0 Å². The highest BCUT2D eigenvalue weighted by Crippen LogP contribution is 2.65. The molecule has 0 radical (unpaired) electrons. The molecule has 0 N–H and O–H groups in total. The zero-order valence-electron chi connectivity index (χ0n) is 21.5. The molecule has 1 aliphatic heterocycles. The van der Waals surface area contributed by atoms with E-state index in [0.29, 0.717) is 17.1 Å².